The van der Waals surface area contributed by atoms with Gasteiger partial charge in [0.1, 0.15) is 5.75 Å². The summed E-state index contributed by atoms with van der Waals surface area (Å²) in [5, 5.41) is 0.604. The molecular weight excluding hydrogens is 231 g/mol. The van der Waals surface area contributed by atoms with Crippen LogP contribution in [-0.2, 0) is 4.57 Å². The van der Waals surface area contributed by atoms with Crippen LogP contribution in [0.25, 0.3) is 0 Å². The molecule has 0 N–H and O–H groups in total. The van der Waals surface area contributed by atoms with Gasteiger partial charge in [0.15, 0.2) is 13.0 Å². The van der Waals surface area contributed by atoms with E-state index in [-0.39, 0.29) is 11.0 Å². The van der Waals surface area contributed by atoms with E-state index in [1.165, 1.54) is 0 Å². The lowest BCUT2D eigenvalue weighted by Gasteiger charge is -2.31. The summed E-state index contributed by atoms with van der Waals surface area (Å²) in [4.78, 5) is 0. The minimum Gasteiger partial charge on any atom is -0.481 e. The predicted molar refractivity (Wildman–Crippen MR) is 72.7 cm³/mol. The number of ether oxygens (including phenoxy) is 1. The summed E-state index contributed by atoms with van der Waals surface area (Å²) in [6.07, 6.45) is 2.41. The highest BCUT2D eigenvalue weighted by molar-refractivity contribution is 7.74. The maximum absolute atomic E-state index is 13.4. The number of rotatable bonds is 2. The SMILES string of the molecule is C=CC[C@@H]1Oc2ccccc2[P@@]1(=O)C(C)(C)C. The van der Waals surface area contributed by atoms with Gasteiger partial charge in [-0.15, -0.1) is 6.58 Å². The lowest BCUT2D eigenvalue weighted by atomic mass is 10.3. The van der Waals surface area contributed by atoms with E-state index in [0.29, 0.717) is 6.42 Å². The number of fused-ring (bicyclic) bond motifs is 1. The summed E-state index contributed by atoms with van der Waals surface area (Å²) in [5.74, 6) is 0.523. The molecule has 0 spiro atoms. The Morgan fingerprint density at radius 2 is 2.06 bits per heavy atom. The number of para-hydroxylation sites is 1. The van der Waals surface area contributed by atoms with Crippen LogP contribution in [0.5, 0.6) is 5.75 Å². The molecule has 0 saturated heterocycles. The van der Waals surface area contributed by atoms with E-state index in [2.05, 4.69) is 6.58 Å². The third-order valence-electron chi connectivity index (χ3n) is 3.26. The summed E-state index contributed by atoms with van der Waals surface area (Å²) < 4.78 is 19.3. The van der Waals surface area contributed by atoms with Gasteiger partial charge in [0.25, 0.3) is 0 Å². The van der Waals surface area contributed by atoms with Crippen molar-refractivity contribution in [1.82, 2.24) is 0 Å². The summed E-state index contributed by atoms with van der Waals surface area (Å²) in [6, 6.07) is 7.68. The van der Waals surface area contributed by atoms with Crippen molar-refractivity contribution in [2.45, 2.75) is 38.2 Å². The molecule has 1 aromatic carbocycles. The van der Waals surface area contributed by atoms with Gasteiger partial charge in [-0.05, 0) is 12.1 Å². The third kappa shape index (κ3) is 1.75. The molecule has 0 fully saturated rings. The van der Waals surface area contributed by atoms with E-state index in [0.717, 1.165) is 11.1 Å². The van der Waals surface area contributed by atoms with E-state index in [4.69, 9.17) is 4.74 Å². The Balaban J connectivity index is 2.59. The lowest BCUT2D eigenvalue weighted by molar-refractivity contribution is 0.287. The highest BCUT2D eigenvalue weighted by Gasteiger charge is 2.51. The molecule has 0 bridgehead atoms. The topological polar surface area (TPSA) is 26.3 Å². The highest BCUT2D eigenvalue weighted by atomic mass is 31.2. The molecule has 1 aliphatic rings. The van der Waals surface area contributed by atoms with Crippen LogP contribution in [0.4, 0.5) is 0 Å². The normalized spacial score (nSPS) is 27.4. The van der Waals surface area contributed by atoms with Gasteiger partial charge in [0.05, 0.1) is 5.30 Å². The summed E-state index contributed by atoms with van der Waals surface area (Å²) in [5.41, 5.74) is 0. The van der Waals surface area contributed by atoms with Gasteiger partial charge in [-0.1, -0.05) is 39.0 Å². The Bertz CT molecular complexity index is 485. The van der Waals surface area contributed by atoms with Crippen LogP contribution in [0.15, 0.2) is 36.9 Å². The minimum atomic E-state index is -2.56. The second kappa shape index (κ2) is 4.03. The highest BCUT2D eigenvalue weighted by Crippen LogP contribution is 2.66. The van der Waals surface area contributed by atoms with Gasteiger partial charge in [-0.2, -0.15) is 0 Å². The molecule has 2 atom stereocenters. The first-order chi connectivity index (χ1) is 7.91. The van der Waals surface area contributed by atoms with Crippen LogP contribution in [0.1, 0.15) is 27.2 Å². The Kier molecular flexibility index (Phi) is 2.95. The van der Waals surface area contributed by atoms with Gasteiger partial charge < -0.3 is 9.30 Å². The molecule has 92 valence electrons. The van der Waals surface area contributed by atoms with Crippen molar-refractivity contribution >= 4 is 12.4 Å². The van der Waals surface area contributed by atoms with Gasteiger partial charge >= 0.3 is 0 Å². The van der Waals surface area contributed by atoms with Crippen molar-refractivity contribution in [3.05, 3.63) is 36.9 Å². The molecule has 17 heavy (non-hydrogen) atoms. The Morgan fingerprint density at radius 3 is 2.65 bits per heavy atom. The fourth-order valence-corrected chi connectivity index (χ4v) is 5.71. The predicted octanol–water partition coefficient (Wildman–Crippen LogP) is 3.77. The minimum absolute atomic E-state index is 0.252. The molecule has 0 aromatic heterocycles. The average Bonchev–Trinajstić information content (AvgIpc) is 2.54. The van der Waals surface area contributed by atoms with Crippen LogP contribution in [-0.4, -0.2) is 11.0 Å². The van der Waals surface area contributed by atoms with E-state index in [9.17, 15) is 4.57 Å². The average molecular weight is 250 g/mol. The molecule has 0 saturated carbocycles. The van der Waals surface area contributed by atoms with Gasteiger partial charge in [-0.25, -0.2) is 0 Å². The maximum Gasteiger partial charge on any atom is 0.163 e. The van der Waals surface area contributed by atoms with Crippen molar-refractivity contribution in [2.24, 2.45) is 0 Å². The molecule has 2 nitrogen and oxygen atoms in total. The maximum atomic E-state index is 13.4. The second-order valence-corrected chi connectivity index (χ2v) is 9.11. The van der Waals surface area contributed by atoms with Crippen LogP contribution in [0, 0.1) is 0 Å². The van der Waals surface area contributed by atoms with Gasteiger partial charge in [0.2, 0.25) is 0 Å². The Labute approximate surface area is 103 Å². The van der Waals surface area contributed by atoms with Gasteiger partial charge in [-0.3, -0.25) is 0 Å². The second-order valence-electron chi connectivity index (χ2n) is 5.39. The van der Waals surface area contributed by atoms with Crippen LogP contribution >= 0.6 is 7.14 Å². The fraction of sp³-hybridized carbons (Fsp3) is 0.429. The Morgan fingerprint density at radius 1 is 1.41 bits per heavy atom. The molecule has 2 rings (SSSR count). The van der Waals surface area contributed by atoms with E-state index >= 15 is 0 Å². The van der Waals surface area contributed by atoms with E-state index in [1.54, 1.807) is 6.08 Å². The van der Waals surface area contributed by atoms with E-state index in [1.807, 2.05) is 45.0 Å². The first-order valence-corrected chi connectivity index (χ1v) is 7.66. The molecular formula is C14H19O2P. The summed E-state index contributed by atoms with van der Waals surface area (Å²) in [7, 11) is -2.56. The van der Waals surface area contributed by atoms with Crippen molar-refractivity contribution < 1.29 is 9.30 Å². The molecule has 1 aliphatic heterocycles. The van der Waals surface area contributed by atoms with E-state index < -0.39 is 7.14 Å². The number of benzene rings is 1. The van der Waals surface area contributed by atoms with Crippen LogP contribution in [0.3, 0.4) is 0 Å². The zero-order valence-electron chi connectivity index (χ0n) is 10.6. The van der Waals surface area contributed by atoms with Gasteiger partial charge in [0, 0.05) is 11.6 Å². The standard InChI is InChI=1S/C14H19O2P/c1-5-8-13-16-11-9-6-7-10-12(11)17(13,15)14(2,3)4/h5-7,9-10,13H,1,8H2,2-4H3/t13-,17+/m1/s1. The van der Waals surface area contributed by atoms with Crippen molar-refractivity contribution in [2.75, 3.05) is 0 Å². The largest absolute Gasteiger partial charge is 0.481 e. The van der Waals surface area contributed by atoms with Crippen molar-refractivity contribution in [1.29, 1.82) is 0 Å². The van der Waals surface area contributed by atoms with Crippen molar-refractivity contribution in [3.63, 3.8) is 0 Å². The summed E-state index contributed by atoms with van der Waals surface area (Å²) >= 11 is 0. The number of hydrogen-bond donors (Lipinski definition) is 0. The monoisotopic (exact) mass is 250 g/mol. The molecule has 0 unspecified atom stereocenters. The lowest BCUT2D eigenvalue weighted by Crippen LogP contribution is -2.27. The third-order valence-corrected chi connectivity index (χ3v) is 7.46. The molecule has 1 aromatic rings. The van der Waals surface area contributed by atoms with Crippen LogP contribution in [0.2, 0.25) is 0 Å². The van der Waals surface area contributed by atoms with Crippen LogP contribution < -0.4 is 10.0 Å². The fourth-order valence-electron chi connectivity index (χ4n) is 2.34. The zero-order chi connectivity index (χ0) is 12.7. The molecule has 0 amide bonds. The zero-order valence-corrected chi connectivity index (χ0v) is 11.5. The number of hydrogen-bond acceptors (Lipinski definition) is 2. The van der Waals surface area contributed by atoms with Crippen molar-refractivity contribution in [3.8, 4) is 5.75 Å². The molecule has 0 aliphatic carbocycles. The Hall–Kier alpha value is -1.01. The summed E-state index contributed by atoms with van der Waals surface area (Å²) in [6.45, 7) is 9.80. The molecule has 0 radical (unpaired) electrons. The first kappa shape index (κ1) is 12.4. The quantitative estimate of drug-likeness (QED) is 0.590. The smallest absolute Gasteiger partial charge is 0.163 e. The molecule has 3 heteroatoms. The first-order valence-electron chi connectivity index (χ1n) is 5.88. The molecule has 1 heterocycles.